The zero-order valence-electron chi connectivity index (χ0n) is 15.1. The van der Waals surface area contributed by atoms with E-state index in [9.17, 15) is 19.8 Å². The van der Waals surface area contributed by atoms with E-state index in [0.717, 1.165) is 0 Å². The average Bonchev–Trinajstić information content (AvgIpc) is 2.61. The Morgan fingerprint density at radius 3 is 2.54 bits per heavy atom. The molecule has 26 heavy (non-hydrogen) atoms. The Bertz CT molecular complexity index is 717. The minimum Gasteiger partial charge on any atom is -0.508 e. The van der Waals surface area contributed by atoms with Gasteiger partial charge in [-0.2, -0.15) is 5.26 Å². The lowest BCUT2D eigenvalue weighted by Gasteiger charge is -2.21. The van der Waals surface area contributed by atoms with Gasteiger partial charge < -0.3 is 19.7 Å². The van der Waals surface area contributed by atoms with Crippen molar-refractivity contribution in [2.24, 2.45) is 5.41 Å². The maximum atomic E-state index is 11.9. The maximum Gasteiger partial charge on any atom is 0.348 e. The molecule has 0 bridgehead atoms. The van der Waals surface area contributed by atoms with Crippen LogP contribution in [0.25, 0.3) is 6.08 Å². The highest BCUT2D eigenvalue weighted by molar-refractivity contribution is 5.97. The van der Waals surface area contributed by atoms with Crippen LogP contribution in [-0.4, -0.2) is 41.5 Å². The first-order valence-corrected chi connectivity index (χ1v) is 8.13. The number of rotatable bonds is 8. The van der Waals surface area contributed by atoms with Crippen LogP contribution in [0.4, 0.5) is 0 Å². The molecule has 1 aromatic rings. The van der Waals surface area contributed by atoms with Crippen LogP contribution in [0.5, 0.6) is 5.75 Å². The van der Waals surface area contributed by atoms with E-state index >= 15 is 0 Å². The number of carbonyl (C=O) groups is 2. The predicted octanol–water partition coefficient (Wildman–Crippen LogP) is 2.18. The number of aliphatic hydroxyl groups excluding tert-OH is 1. The van der Waals surface area contributed by atoms with Crippen molar-refractivity contribution in [3.05, 3.63) is 35.4 Å². The van der Waals surface area contributed by atoms with E-state index < -0.39 is 30.1 Å². The van der Waals surface area contributed by atoms with Crippen LogP contribution in [0.3, 0.4) is 0 Å². The normalized spacial score (nSPS) is 12.8. The molecule has 0 fully saturated rings. The van der Waals surface area contributed by atoms with Gasteiger partial charge in [0.05, 0.1) is 5.41 Å². The molecule has 0 spiro atoms. The number of phenols is 1. The van der Waals surface area contributed by atoms with Crippen molar-refractivity contribution >= 4 is 18.0 Å². The van der Waals surface area contributed by atoms with Gasteiger partial charge in [0.25, 0.3) is 0 Å². The number of aromatic hydroxyl groups is 1. The highest BCUT2D eigenvalue weighted by Gasteiger charge is 2.27. The third-order valence-electron chi connectivity index (χ3n) is 3.77. The van der Waals surface area contributed by atoms with Crippen molar-refractivity contribution in [2.45, 2.75) is 33.3 Å². The van der Waals surface area contributed by atoms with Gasteiger partial charge in [-0.1, -0.05) is 19.1 Å². The fourth-order valence-electron chi connectivity index (χ4n) is 1.73. The maximum absolute atomic E-state index is 11.9. The summed E-state index contributed by atoms with van der Waals surface area (Å²) in [5, 5.41) is 28.2. The molecule has 1 rings (SSSR count). The SMILES string of the molecule is CCC(C)(C)C(=O)OCC(O)COC(=O)/C(C#N)=C/c1cccc(O)c1. The van der Waals surface area contributed by atoms with Crippen LogP contribution in [0.1, 0.15) is 32.8 Å². The Morgan fingerprint density at radius 1 is 1.31 bits per heavy atom. The number of hydrogen-bond donors (Lipinski definition) is 2. The zero-order valence-corrected chi connectivity index (χ0v) is 15.1. The molecular weight excluding hydrogens is 338 g/mol. The van der Waals surface area contributed by atoms with Crippen molar-refractivity contribution in [1.82, 2.24) is 0 Å². The van der Waals surface area contributed by atoms with E-state index in [4.69, 9.17) is 14.7 Å². The van der Waals surface area contributed by atoms with E-state index in [0.29, 0.717) is 12.0 Å². The lowest BCUT2D eigenvalue weighted by Crippen LogP contribution is -2.31. The second-order valence-electron chi connectivity index (χ2n) is 6.35. The fourth-order valence-corrected chi connectivity index (χ4v) is 1.73. The first-order chi connectivity index (χ1) is 12.2. The summed E-state index contributed by atoms with van der Waals surface area (Å²) < 4.78 is 9.87. The number of nitriles is 1. The van der Waals surface area contributed by atoms with Gasteiger partial charge in [-0.25, -0.2) is 4.79 Å². The molecule has 7 nitrogen and oxygen atoms in total. The van der Waals surface area contributed by atoms with E-state index in [1.807, 2.05) is 6.92 Å². The topological polar surface area (TPSA) is 117 Å². The Balaban J connectivity index is 2.56. The molecule has 0 aliphatic heterocycles. The summed E-state index contributed by atoms with van der Waals surface area (Å²) in [6, 6.07) is 7.72. The monoisotopic (exact) mass is 361 g/mol. The summed E-state index contributed by atoms with van der Waals surface area (Å²) in [4.78, 5) is 23.7. The molecule has 0 heterocycles. The Kier molecular flexibility index (Phi) is 7.81. The van der Waals surface area contributed by atoms with Crippen LogP contribution in [0.2, 0.25) is 0 Å². The third kappa shape index (κ3) is 6.57. The number of hydrogen-bond acceptors (Lipinski definition) is 7. The van der Waals surface area contributed by atoms with Gasteiger partial charge in [-0.05, 0) is 44.0 Å². The van der Waals surface area contributed by atoms with Crippen LogP contribution in [0, 0.1) is 16.7 Å². The first-order valence-electron chi connectivity index (χ1n) is 8.13. The summed E-state index contributed by atoms with van der Waals surface area (Å²) >= 11 is 0. The van der Waals surface area contributed by atoms with Gasteiger partial charge in [-0.15, -0.1) is 0 Å². The van der Waals surface area contributed by atoms with E-state index in [2.05, 4.69) is 0 Å². The third-order valence-corrected chi connectivity index (χ3v) is 3.77. The summed E-state index contributed by atoms with van der Waals surface area (Å²) in [5.74, 6) is -1.38. The molecule has 1 aromatic carbocycles. The zero-order chi connectivity index (χ0) is 19.7. The lowest BCUT2D eigenvalue weighted by atomic mass is 9.91. The molecule has 7 heteroatoms. The number of carbonyl (C=O) groups excluding carboxylic acids is 2. The van der Waals surface area contributed by atoms with Crippen LogP contribution in [-0.2, 0) is 19.1 Å². The summed E-state index contributed by atoms with van der Waals surface area (Å²) in [7, 11) is 0. The number of benzene rings is 1. The highest BCUT2D eigenvalue weighted by Crippen LogP contribution is 2.21. The average molecular weight is 361 g/mol. The lowest BCUT2D eigenvalue weighted by molar-refractivity contribution is -0.159. The van der Waals surface area contributed by atoms with Gasteiger partial charge in [0.1, 0.15) is 36.7 Å². The van der Waals surface area contributed by atoms with Crippen molar-refractivity contribution < 1.29 is 29.3 Å². The van der Waals surface area contributed by atoms with E-state index in [-0.39, 0.29) is 17.9 Å². The van der Waals surface area contributed by atoms with Crippen LogP contribution >= 0.6 is 0 Å². The molecule has 0 aromatic heterocycles. The summed E-state index contributed by atoms with van der Waals surface area (Å²) in [6.07, 6.45) is 0.650. The molecule has 0 saturated heterocycles. The van der Waals surface area contributed by atoms with Crippen molar-refractivity contribution in [3.63, 3.8) is 0 Å². The number of nitrogens with zero attached hydrogens (tertiary/aromatic N) is 1. The molecule has 2 N–H and O–H groups in total. The summed E-state index contributed by atoms with van der Waals surface area (Å²) in [6.45, 7) is 4.58. The predicted molar refractivity (Wildman–Crippen MR) is 93.7 cm³/mol. The van der Waals surface area contributed by atoms with E-state index in [1.54, 1.807) is 32.0 Å². The molecule has 0 radical (unpaired) electrons. The molecule has 140 valence electrons. The Labute approximate surface area is 152 Å². The molecule has 1 atom stereocenters. The Morgan fingerprint density at radius 2 is 1.96 bits per heavy atom. The minimum absolute atomic E-state index is 0.00310. The van der Waals surface area contributed by atoms with Crippen molar-refractivity contribution in [3.8, 4) is 11.8 Å². The number of phenolic OH excluding ortho intramolecular Hbond substituents is 1. The van der Waals surface area contributed by atoms with Gasteiger partial charge >= 0.3 is 11.9 Å². The molecule has 0 amide bonds. The van der Waals surface area contributed by atoms with E-state index in [1.165, 1.54) is 18.2 Å². The second-order valence-corrected chi connectivity index (χ2v) is 6.35. The Hall–Kier alpha value is -2.85. The van der Waals surface area contributed by atoms with Crippen molar-refractivity contribution in [1.29, 1.82) is 5.26 Å². The van der Waals surface area contributed by atoms with Gasteiger partial charge in [0.15, 0.2) is 0 Å². The highest BCUT2D eigenvalue weighted by atomic mass is 16.6. The van der Waals surface area contributed by atoms with Gasteiger partial charge in [0.2, 0.25) is 0 Å². The molecule has 1 unspecified atom stereocenters. The van der Waals surface area contributed by atoms with Crippen molar-refractivity contribution in [2.75, 3.05) is 13.2 Å². The van der Waals surface area contributed by atoms with Crippen LogP contribution < -0.4 is 0 Å². The molecule has 0 aliphatic rings. The quantitative estimate of drug-likeness (QED) is 0.414. The smallest absolute Gasteiger partial charge is 0.348 e. The minimum atomic E-state index is -1.20. The summed E-state index contributed by atoms with van der Waals surface area (Å²) in [5.41, 5.74) is -0.490. The largest absolute Gasteiger partial charge is 0.508 e. The molecular formula is C19H23NO6. The van der Waals surface area contributed by atoms with Crippen LogP contribution in [0.15, 0.2) is 29.8 Å². The number of aliphatic hydroxyl groups is 1. The first kappa shape index (κ1) is 21.2. The molecule has 0 saturated carbocycles. The molecule has 0 aliphatic carbocycles. The van der Waals surface area contributed by atoms with Gasteiger partial charge in [0, 0.05) is 0 Å². The fraction of sp³-hybridized carbons (Fsp3) is 0.421. The second kappa shape index (κ2) is 9.59. The number of esters is 2. The van der Waals surface area contributed by atoms with Gasteiger partial charge in [-0.3, -0.25) is 4.79 Å². The number of ether oxygens (including phenoxy) is 2. The standard InChI is InChI=1S/C19H23NO6/c1-4-19(2,3)18(24)26-12-16(22)11-25-17(23)14(10-20)8-13-6-5-7-15(21)9-13/h5-9,16,21-22H,4,11-12H2,1-3H3/b14-8+.